The fraction of sp³-hybridized carbons (Fsp3) is 0.308. The molecule has 0 aliphatic carbocycles. The Kier molecular flexibility index (Phi) is 7.29. The van der Waals surface area contributed by atoms with Gasteiger partial charge in [0.05, 0.1) is 18.9 Å². The predicted octanol–water partition coefficient (Wildman–Crippen LogP) is 3.67. The maximum absolute atomic E-state index is 13.0. The van der Waals surface area contributed by atoms with Crippen LogP contribution in [0.2, 0.25) is 0 Å². The number of anilines is 1. The number of ether oxygens (including phenoxy) is 1. The molecule has 0 bridgehead atoms. The number of benzene rings is 2. The fourth-order valence-electron chi connectivity index (χ4n) is 4.02. The molecule has 0 atom stereocenters. The normalized spacial score (nSPS) is 13.6. The molecule has 2 aromatic carbocycles. The molecule has 4 rings (SSSR count). The Balaban J connectivity index is 1.33. The molecule has 7 nitrogen and oxygen atoms in total. The van der Waals surface area contributed by atoms with E-state index < -0.39 is 0 Å². The Bertz CT molecular complexity index is 1030. The predicted molar refractivity (Wildman–Crippen MR) is 126 cm³/mol. The fourth-order valence-corrected chi connectivity index (χ4v) is 4.02. The van der Waals surface area contributed by atoms with Crippen LogP contribution >= 0.6 is 0 Å². The van der Waals surface area contributed by atoms with E-state index in [1.165, 1.54) is 12.5 Å². The first-order valence-electron chi connectivity index (χ1n) is 11.2. The summed E-state index contributed by atoms with van der Waals surface area (Å²) >= 11 is 0. The van der Waals surface area contributed by atoms with Crippen molar-refractivity contribution in [2.24, 2.45) is 0 Å². The summed E-state index contributed by atoms with van der Waals surface area (Å²) in [6, 6.07) is 19.4. The first-order valence-corrected chi connectivity index (χ1v) is 11.2. The van der Waals surface area contributed by atoms with Crippen molar-refractivity contribution < 1.29 is 18.7 Å². The zero-order valence-electron chi connectivity index (χ0n) is 18.9. The quantitative estimate of drug-likeness (QED) is 0.527. The average molecular weight is 448 g/mol. The van der Waals surface area contributed by atoms with Gasteiger partial charge in [0.2, 0.25) is 5.91 Å². The van der Waals surface area contributed by atoms with E-state index in [2.05, 4.69) is 4.90 Å². The van der Waals surface area contributed by atoms with Crippen LogP contribution in [-0.4, -0.2) is 61.4 Å². The van der Waals surface area contributed by atoms with E-state index in [1.54, 1.807) is 18.1 Å². The minimum absolute atomic E-state index is 0.0717. The standard InChI is InChI=1S/C26H29N3O4/c1-32-24-9-7-23(8-10-24)27-14-16-28(17-15-27)25(30)11-13-29(19-21-5-3-2-4-6-21)26(31)22-12-18-33-20-22/h2-10,12,18,20H,11,13-17,19H2,1H3. The van der Waals surface area contributed by atoms with E-state index in [-0.39, 0.29) is 11.8 Å². The number of rotatable bonds is 8. The van der Waals surface area contributed by atoms with E-state index in [0.717, 1.165) is 30.1 Å². The summed E-state index contributed by atoms with van der Waals surface area (Å²) in [6.07, 6.45) is 3.22. The lowest BCUT2D eigenvalue weighted by Gasteiger charge is -2.36. The summed E-state index contributed by atoms with van der Waals surface area (Å²) in [4.78, 5) is 31.8. The summed E-state index contributed by atoms with van der Waals surface area (Å²) in [6.45, 7) is 3.69. The van der Waals surface area contributed by atoms with Gasteiger partial charge in [-0.1, -0.05) is 30.3 Å². The second-order valence-corrected chi connectivity index (χ2v) is 8.04. The van der Waals surface area contributed by atoms with Gasteiger partial charge in [0.1, 0.15) is 12.0 Å². The molecule has 172 valence electrons. The molecule has 2 heterocycles. The zero-order chi connectivity index (χ0) is 23.0. The number of carbonyl (C=O) groups excluding carboxylic acids is 2. The molecule has 0 unspecified atom stereocenters. The molecule has 1 fully saturated rings. The molecular formula is C26H29N3O4. The van der Waals surface area contributed by atoms with Gasteiger partial charge in [-0.05, 0) is 35.9 Å². The van der Waals surface area contributed by atoms with Crippen LogP contribution in [0.4, 0.5) is 5.69 Å². The van der Waals surface area contributed by atoms with Crippen molar-refractivity contribution in [3.63, 3.8) is 0 Å². The van der Waals surface area contributed by atoms with Crippen LogP contribution in [0.3, 0.4) is 0 Å². The van der Waals surface area contributed by atoms with Crippen molar-refractivity contribution in [3.8, 4) is 5.75 Å². The van der Waals surface area contributed by atoms with Gasteiger partial charge in [0.25, 0.3) is 5.91 Å². The van der Waals surface area contributed by atoms with E-state index in [0.29, 0.717) is 38.2 Å². The molecule has 33 heavy (non-hydrogen) atoms. The SMILES string of the molecule is COc1ccc(N2CCN(C(=O)CCN(Cc3ccccc3)C(=O)c3ccoc3)CC2)cc1. The molecule has 1 saturated heterocycles. The highest BCUT2D eigenvalue weighted by molar-refractivity contribution is 5.94. The van der Waals surface area contributed by atoms with Gasteiger partial charge in [0.15, 0.2) is 0 Å². The lowest BCUT2D eigenvalue weighted by atomic mass is 10.1. The molecule has 1 aromatic heterocycles. The van der Waals surface area contributed by atoms with Crippen LogP contribution in [0.25, 0.3) is 0 Å². The van der Waals surface area contributed by atoms with Gasteiger partial charge in [-0.25, -0.2) is 0 Å². The van der Waals surface area contributed by atoms with E-state index in [4.69, 9.17) is 9.15 Å². The van der Waals surface area contributed by atoms with Crippen molar-refractivity contribution in [3.05, 3.63) is 84.3 Å². The second-order valence-electron chi connectivity index (χ2n) is 8.04. The molecule has 3 aromatic rings. The van der Waals surface area contributed by atoms with Gasteiger partial charge in [-0.3, -0.25) is 9.59 Å². The lowest BCUT2D eigenvalue weighted by Crippen LogP contribution is -2.49. The number of carbonyl (C=O) groups is 2. The second kappa shape index (κ2) is 10.7. The average Bonchev–Trinajstić information content (AvgIpc) is 3.42. The maximum Gasteiger partial charge on any atom is 0.257 e. The highest BCUT2D eigenvalue weighted by atomic mass is 16.5. The summed E-state index contributed by atoms with van der Waals surface area (Å²) in [5.74, 6) is 0.768. The Morgan fingerprint density at radius 3 is 2.33 bits per heavy atom. The monoisotopic (exact) mass is 447 g/mol. The third kappa shape index (κ3) is 5.74. The number of furan rings is 1. The summed E-state index contributed by atoms with van der Waals surface area (Å²) in [5.41, 5.74) is 2.64. The molecule has 7 heteroatoms. The Hall–Kier alpha value is -3.74. The lowest BCUT2D eigenvalue weighted by molar-refractivity contribution is -0.131. The van der Waals surface area contributed by atoms with Crippen LogP contribution < -0.4 is 9.64 Å². The minimum atomic E-state index is -0.135. The van der Waals surface area contributed by atoms with Crippen molar-refractivity contribution in [2.45, 2.75) is 13.0 Å². The van der Waals surface area contributed by atoms with Gasteiger partial charge >= 0.3 is 0 Å². The summed E-state index contributed by atoms with van der Waals surface area (Å²) in [7, 11) is 1.66. The first kappa shape index (κ1) is 22.5. The van der Waals surface area contributed by atoms with Gasteiger partial charge in [-0.2, -0.15) is 0 Å². The third-order valence-electron chi connectivity index (χ3n) is 5.94. The largest absolute Gasteiger partial charge is 0.497 e. The van der Waals surface area contributed by atoms with Crippen LogP contribution in [0, 0.1) is 0 Å². The summed E-state index contributed by atoms with van der Waals surface area (Å²) < 4.78 is 10.3. The van der Waals surface area contributed by atoms with Crippen LogP contribution in [0.5, 0.6) is 5.75 Å². The Morgan fingerprint density at radius 1 is 0.970 bits per heavy atom. The molecule has 0 N–H and O–H groups in total. The van der Waals surface area contributed by atoms with E-state index in [1.807, 2.05) is 59.5 Å². The smallest absolute Gasteiger partial charge is 0.257 e. The van der Waals surface area contributed by atoms with Gasteiger partial charge in [-0.15, -0.1) is 0 Å². The van der Waals surface area contributed by atoms with Crippen molar-refractivity contribution in [1.29, 1.82) is 0 Å². The number of hydrogen-bond donors (Lipinski definition) is 0. The van der Waals surface area contributed by atoms with E-state index in [9.17, 15) is 9.59 Å². The molecule has 1 aliphatic heterocycles. The highest BCUT2D eigenvalue weighted by Gasteiger charge is 2.23. The molecule has 1 aliphatic rings. The molecule has 0 spiro atoms. The number of amides is 2. The van der Waals surface area contributed by atoms with Crippen molar-refractivity contribution in [1.82, 2.24) is 9.80 Å². The third-order valence-corrected chi connectivity index (χ3v) is 5.94. The Labute approximate surface area is 194 Å². The van der Waals surface area contributed by atoms with E-state index >= 15 is 0 Å². The first-order chi connectivity index (χ1) is 16.1. The van der Waals surface area contributed by atoms with Crippen molar-refractivity contribution in [2.75, 3.05) is 44.7 Å². The van der Waals surface area contributed by atoms with Crippen LogP contribution in [0.1, 0.15) is 22.3 Å². The topological polar surface area (TPSA) is 66.2 Å². The molecular weight excluding hydrogens is 418 g/mol. The van der Waals surface area contributed by atoms with Crippen molar-refractivity contribution >= 4 is 17.5 Å². The number of nitrogens with zero attached hydrogens (tertiary/aromatic N) is 3. The summed E-state index contributed by atoms with van der Waals surface area (Å²) in [5, 5.41) is 0. The number of hydrogen-bond acceptors (Lipinski definition) is 5. The number of piperazine rings is 1. The Morgan fingerprint density at radius 2 is 1.70 bits per heavy atom. The molecule has 0 saturated carbocycles. The number of methoxy groups -OCH3 is 1. The highest BCUT2D eigenvalue weighted by Crippen LogP contribution is 2.21. The van der Waals surface area contributed by atoms with Crippen LogP contribution in [0.15, 0.2) is 77.6 Å². The maximum atomic E-state index is 13.0. The van der Waals surface area contributed by atoms with Gasteiger partial charge in [0, 0.05) is 51.4 Å². The molecule has 0 radical (unpaired) electrons. The minimum Gasteiger partial charge on any atom is -0.497 e. The molecule has 2 amide bonds. The van der Waals surface area contributed by atoms with Crippen LogP contribution in [-0.2, 0) is 11.3 Å². The zero-order valence-corrected chi connectivity index (χ0v) is 18.9. The van der Waals surface area contributed by atoms with Gasteiger partial charge < -0.3 is 23.9 Å².